The van der Waals surface area contributed by atoms with Crippen LogP contribution in [-0.4, -0.2) is 9.13 Å². The van der Waals surface area contributed by atoms with Crippen LogP contribution in [0, 0.1) is 11.3 Å². The highest BCUT2D eigenvalue weighted by atomic mass is 15.1. The van der Waals surface area contributed by atoms with Gasteiger partial charge in [-0.3, -0.25) is 0 Å². The molecule has 0 N–H and O–H groups in total. The maximum atomic E-state index is 9.36. The van der Waals surface area contributed by atoms with E-state index in [2.05, 4.69) is 162 Å². The quantitative estimate of drug-likeness (QED) is 0.198. The van der Waals surface area contributed by atoms with Crippen molar-refractivity contribution < 1.29 is 0 Å². The zero-order chi connectivity index (χ0) is 31.5. The maximum Gasteiger partial charge on any atom is 0.0991 e. The van der Waals surface area contributed by atoms with Gasteiger partial charge in [-0.15, -0.1) is 0 Å². The SMILES string of the molecule is CC1(n2c3ccccc3c3cc(-c4ccc5c(c4)c4ccccc4n5-c4ccc(-c5cccc(C#N)c5)cc4)ccc32)C=CC=CC1. The molecule has 0 amide bonds. The Morgan fingerprint density at radius 2 is 1.15 bits per heavy atom. The molecule has 1 unspecified atom stereocenters. The smallest absolute Gasteiger partial charge is 0.0991 e. The molecule has 8 aromatic rings. The Morgan fingerprint density at radius 3 is 1.87 bits per heavy atom. The van der Waals surface area contributed by atoms with E-state index in [9.17, 15) is 5.26 Å². The molecular weight excluding hydrogens is 571 g/mol. The summed E-state index contributed by atoms with van der Waals surface area (Å²) in [4.78, 5) is 0. The Bertz CT molecular complexity index is 2620. The average Bonchev–Trinajstić information content (AvgIpc) is 3.65. The topological polar surface area (TPSA) is 33.6 Å². The molecule has 9 rings (SSSR count). The number of allylic oxidation sites excluding steroid dienone is 4. The number of nitriles is 1. The molecule has 0 aliphatic heterocycles. The van der Waals surface area contributed by atoms with Crippen molar-refractivity contribution in [3.8, 4) is 34.0 Å². The molecule has 3 nitrogen and oxygen atoms in total. The highest BCUT2D eigenvalue weighted by molar-refractivity contribution is 6.12. The Hall–Kier alpha value is -6.11. The minimum Gasteiger partial charge on any atom is -0.331 e. The van der Waals surface area contributed by atoms with Crippen molar-refractivity contribution in [2.24, 2.45) is 0 Å². The predicted octanol–water partition coefficient (Wildman–Crippen LogP) is 11.3. The molecule has 2 aromatic heterocycles. The number of aromatic nitrogens is 2. The highest BCUT2D eigenvalue weighted by Crippen LogP contribution is 2.41. The van der Waals surface area contributed by atoms with Crippen LogP contribution in [-0.2, 0) is 5.54 Å². The largest absolute Gasteiger partial charge is 0.331 e. The third-order valence-corrected chi connectivity index (χ3v) is 9.87. The lowest BCUT2D eigenvalue weighted by molar-refractivity contribution is 0.437. The second kappa shape index (κ2) is 10.5. The van der Waals surface area contributed by atoms with Crippen molar-refractivity contribution in [2.45, 2.75) is 18.9 Å². The van der Waals surface area contributed by atoms with E-state index in [-0.39, 0.29) is 5.54 Å². The molecule has 1 aliphatic carbocycles. The van der Waals surface area contributed by atoms with Gasteiger partial charge in [0.1, 0.15) is 0 Å². The first-order chi connectivity index (χ1) is 23.1. The molecule has 0 fully saturated rings. The fourth-order valence-electron chi connectivity index (χ4n) is 7.59. The normalized spacial score (nSPS) is 16.0. The fraction of sp³-hybridized carbons (Fsp3) is 0.0682. The Kier molecular flexibility index (Phi) is 6.07. The van der Waals surface area contributed by atoms with E-state index < -0.39 is 0 Å². The van der Waals surface area contributed by atoms with E-state index in [1.165, 1.54) is 54.7 Å². The molecular formula is C44H31N3. The van der Waals surface area contributed by atoms with E-state index in [1.807, 2.05) is 18.2 Å². The summed E-state index contributed by atoms with van der Waals surface area (Å²) in [5, 5.41) is 14.4. The van der Waals surface area contributed by atoms with Crippen LogP contribution in [0.1, 0.15) is 18.9 Å². The zero-order valence-electron chi connectivity index (χ0n) is 26.1. The summed E-state index contributed by atoms with van der Waals surface area (Å²) in [6.07, 6.45) is 9.89. The standard InChI is InChI=1S/C44H31N3/c1-44(24-7-2-8-25-44)47-42-15-6-4-13-37(42)39-28-34(19-23-43(39)47)33-18-22-41-38(27-33)36-12-3-5-14-40(36)46(41)35-20-16-31(17-21-35)32-11-9-10-30(26-32)29-45/h2-24,26-28H,25H2,1H3. The summed E-state index contributed by atoms with van der Waals surface area (Å²) >= 11 is 0. The first-order valence-corrected chi connectivity index (χ1v) is 16.1. The van der Waals surface area contributed by atoms with E-state index in [4.69, 9.17) is 0 Å². The monoisotopic (exact) mass is 601 g/mol. The number of fused-ring (bicyclic) bond motifs is 6. The molecule has 47 heavy (non-hydrogen) atoms. The third-order valence-electron chi connectivity index (χ3n) is 9.87. The zero-order valence-corrected chi connectivity index (χ0v) is 26.1. The lowest BCUT2D eigenvalue weighted by Crippen LogP contribution is -2.27. The molecule has 6 aromatic carbocycles. The summed E-state index contributed by atoms with van der Waals surface area (Å²) < 4.78 is 4.87. The molecule has 0 radical (unpaired) electrons. The van der Waals surface area contributed by atoms with Crippen LogP contribution < -0.4 is 0 Å². The fourth-order valence-corrected chi connectivity index (χ4v) is 7.59. The molecule has 0 saturated heterocycles. The van der Waals surface area contributed by atoms with Crippen molar-refractivity contribution in [2.75, 3.05) is 0 Å². The van der Waals surface area contributed by atoms with Gasteiger partial charge in [-0.25, -0.2) is 0 Å². The van der Waals surface area contributed by atoms with Crippen molar-refractivity contribution >= 4 is 43.6 Å². The van der Waals surface area contributed by atoms with Gasteiger partial charge in [0.25, 0.3) is 0 Å². The molecule has 1 aliphatic rings. The molecule has 2 heterocycles. The second-order valence-electron chi connectivity index (χ2n) is 12.8. The van der Waals surface area contributed by atoms with Crippen LogP contribution in [0.3, 0.4) is 0 Å². The first kappa shape index (κ1) is 27.2. The van der Waals surface area contributed by atoms with Gasteiger partial charge in [0.15, 0.2) is 0 Å². The Labute approximate surface area is 273 Å². The van der Waals surface area contributed by atoms with Crippen molar-refractivity contribution in [3.05, 3.63) is 163 Å². The van der Waals surface area contributed by atoms with Gasteiger partial charge < -0.3 is 9.13 Å². The van der Waals surface area contributed by atoms with Gasteiger partial charge in [-0.05, 0) is 96.3 Å². The summed E-state index contributed by atoms with van der Waals surface area (Å²) in [7, 11) is 0. The molecule has 0 bridgehead atoms. The molecule has 0 saturated carbocycles. The highest BCUT2D eigenvalue weighted by Gasteiger charge is 2.27. The lowest BCUT2D eigenvalue weighted by Gasteiger charge is -2.31. The van der Waals surface area contributed by atoms with Gasteiger partial charge in [0, 0.05) is 38.3 Å². The number of benzene rings is 6. The van der Waals surface area contributed by atoms with E-state index in [0.29, 0.717) is 5.56 Å². The van der Waals surface area contributed by atoms with Crippen LogP contribution >= 0.6 is 0 Å². The summed E-state index contributed by atoms with van der Waals surface area (Å²) in [6, 6.07) is 50.0. The minimum atomic E-state index is -0.114. The number of hydrogen-bond donors (Lipinski definition) is 0. The Balaban J connectivity index is 1.17. The van der Waals surface area contributed by atoms with Crippen LogP contribution in [0.2, 0.25) is 0 Å². The predicted molar refractivity (Wildman–Crippen MR) is 196 cm³/mol. The summed E-state index contributed by atoms with van der Waals surface area (Å²) in [5.74, 6) is 0. The maximum absolute atomic E-state index is 9.36. The number of para-hydroxylation sites is 2. The number of hydrogen-bond acceptors (Lipinski definition) is 1. The van der Waals surface area contributed by atoms with Gasteiger partial charge in [-0.1, -0.05) is 97.1 Å². The van der Waals surface area contributed by atoms with Gasteiger partial charge in [0.05, 0.1) is 28.2 Å². The van der Waals surface area contributed by atoms with Gasteiger partial charge in [0.2, 0.25) is 0 Å². The van der Waals surface area contributed by atoms with E-state index in [0.717, 1.165) is 23.2 Å². The summed E-state index contributed by atoms with van der Waals surface area (Å²) in [5.41, 5.74) is 11.1. The van der Waals surface area contributed by atoms with E-state index in [1.54, 1.807) is 0 Å². The van der Waals surface area contributed by atoms with Crippen LogP contribution in [0.15, 0.2) is 158 Å². The summed E-state index contributed by atoms with van der Waals surface area (Å²) in [6.45, 7) is 2.33. The molecule has 3 heteroatoms. The third kappa shape index (κ3) is 4.26. The number of rotatable bonds is 4. The van der Waals surface area contributed by atoms with Crippen molar-refractivity contribution in [1.29, 1.82) is 5.26 Å². The minimum absolute atomic E-state index is 0.114. The molecule has 222 valence electrons. The number of nitrogens with zero attached hydrogens (tertiary/aromatic N) is 3. The van der Waals surface area contributed by atoms with Crippen LogP contribution in [0.4, 0.5) is 0 Å². The van der Waals surface area contributed by atoms with Crippen molar-refractivity contribution in [3.63, 3.8) is 0 Å². The first-order valence-electron chi connectivity index (χ1n) is 16.1. The average molecular weight is 602 g/mol. The van der Waals surface area contributed by atoms with Crippen LogP contribution in [0.5, 0.6) is 0 Å². The van der Waals surface area contributed by atoms with E-state index >= 15 is 0 Å². The van der Waals surface area contributed by atoms with Gasteiger partial charge >= 0.3 is 0 Å². The molecule has 0 spiro atoms. The van der Waals surface area contributed by atoms with Gasteiger partial charge in [-0.2, -0.15) is 5.26 Å². The molecule has 1 atom stereocenters. The second-order valence-corrected chi connectivity index (χ2v) is 12.8. The van der Waals surface area contributed by atoms with Crippen LogP contribution in [0.25, 0.3) is 71.6 Å². The lowest BCUT2D eigenvalue weighted by atomic mass is 9.92. The Morgan fingerprint density at radius 1 is 0.553 bits per heavy atom. The van der Waals surface area contributed by atoms with Crippen molar-refractivity contribution in [1.82, 2.24) is 9.13 Å².